The minimum atomic E-state index is 0.850. The van der Waals surface area contributed by atoms with E-state index in [1.165, 1.54) is 58.0 Å². The van der Waals surface area contributed by atoms with Crippen LogP contribution in [0.2, 0.25) is 0 Å². The van der Waals surface area contributed by atoms with E-state index in [4.69, 9.17) is 0 Å². The molecule has 0 aliphatic heterocycles. The van der Waals surface area contributed by atoms with Crippen LogP contribution in [-0.4, -0.2) is 24.0 Å². The van der Waals surface area contributed by atoms with Gasteiger partial charge in [-0.15, -0.1) is 0 Å². The SMILES string of the molecule is CCN(CC1CCCCC=C1C)C1CCC1. The molecule has 1 heteroatoms. The van der Waals surface area contributed by atoms with Crippen LogP contribution >= 0.6 is 0 Å². The van der Waals surface area contributed by atoms with Crippen molar-refractivity contribution < 1.29 is 0 Å². The fourth-order valence-corrected chi connectivity index (χ4v) is 3.07. The van der Waals surface area contributed by atoms with Gasteiger partial charge in [0.15, 0.2) is 0 Å². The maximum absolute atomic E-state index is 2.73. The van der Waals surface area contributed by atoms with Crippen molar-refractivity contribution in [2.75, 3.05) is 13.1 Å². The number of rotatable bonds is 4. The van der Waals surface area contributed by atoms with Crippen LogP contribution in [0.15, 0.2) is 11.6 Å². The summed E-state index contributed by atoms with van der Waals surface area (Å²) in [5.74, 6) is 0.850. The first-order chi connectivity index (χ1) is 7.81. The smallest absolute Gasteiger partial charge is 0.00954 e. The average molecular weight is 221 g/mol. The number of hydrogen-bond acceptors (Lipinski definition) is 1. The van der Waals surface area contributed by atoms with Gasteiger partial charge in [-0.05, 0) is 51.5 Å². The second kappa shape index (κ2) is 5.86. The molecular formula is C15H27N. The molecule has 0 aromatic heterocycles. The van der Waals surface area contributed by atoms with Crippen molar-refractivity contribution in [2.24, 2.45) is 5.92 Å². The Bertz CT molecular complexity index is 240. The maximum atomic E-state index is 2.73. The number of allylic oxidation sites excluding steroid dienone is 1. The second-order valence-electron chi connectivity index (χ2n) is 5.60. The molecule has 92 valence electrons. The predicted molar refractivity (Wildman–Crippen MR) is 70.6 cm³/mol. The first kappa shape index (κ1) is 12.2. The van der Waals surface area contributed by atoms with Crippen molar-refractivity contribution >= 4 is 0 Å². The van der Waals surface area contributed by atoms with Crippen LogP contribution in [-0.2, 0) is 0 Å². The zero-order valence-electron chi connectivity index (χ0n) is 11.0. The van der Waals surface area contributed by atoms with Gasteiger partial charge in [0, 0.05) is 12.6 Å². The zero-order valence-corrected chi connectivity index (χ0v) is 11.0. The molecule has 0 bridgehead atoms. The highest BCUT2D eigenvalue weighted by atomic mass is 15.2. The van der Waals surface area contributed by atoms with Crippen LogP contribution in [0.1, 0.15) is 58.8 Å². The lowest BCUT2D eigenvalue weighted by atomic mass is 9.89. The topological polar surface area (TPSA) is 3.24 Å². The summed E-state index contributed by atoms with van der Waals surface area (Å²) in [6, 6.07) is 0.918. The third kappa shape index (κ3) is 2.88. The van der Waals surface area contributed by atoms with Gasteiger partial charge in [0.05, 0.1) is 0 Å². The Morgan fingerprint density at radius 1 is 1.19 bits per heavy atom. The van der Waals surface area contributed by atoms with Gasteiger partial charge in [-0.2, -0.15) is 0 Å². The van der Waals surface area contributed by atoms with E-state index in [1.54, 1.807) is 5.57 Å². The van der Waals surface area contributed by atoms with E-state index >= 15 is 0 Å². The van der Waals surface area contributed by atoms with Gasteiger partial charge in [0.1, 0.15) is 0 Å². The van der Waals surface area contributed by atoms with Crippen LogP contribution in [0.25, 0.3) is 0 Å². The Morgan fingerprint density at radius 2 is 2.00 bits per heavy atom. The molecule has 0 amide bonds. The molecule has 1 unspecified atom stereocenters. The van der Waals surface area contributed by atoms with Gasteiger partial charge in [-0.1, -0.05) is 31.4 Å². The molecule has 0 radical (unpaired) electrons. The molecule has 2 aliphatic carbocycles. The lowest BCUT2D eigenvalue weighted by Gasteiger charge is -2.39. The van der Waals surface area contributed by atoms with Crippen LogP contribution in [0.4, 0.5) is 0 Å². The van der Waals surface area contributed by atoms with E-state index in [-0.39, 0.29) is 0 Å². The Morgan fingerprint density at radius 3 is 2.62 bits per heavy atom. The van der Waals surface area contributed by atoms with Crippen molar-refractivity contribution in [1.29, 1.82) is 0 Å². The summed E-state index contributed by atoms with van der Waals surface area (Å²) in [5.41, 5.74) is 1.66. The fraction of sp³-hybridized carbons (Fsp3) is 0.867. The minimum absolute atomic E-state index is 0.850. The van der Waals surface area contributed by atoms with Crippen molar-refractivity contribution in [3.8, 4) is 0 Å². The first-order valence-electron chi connectivity index (χ1n) is 7.22. The van der Waals surface area contributed by atoms with E-state index in [9.17, 15) is 0 Å². The third-order valence-electron chi connectivity index (χ3n) is 4.57. The Labute approximate surface area is 101 Å². The summed E-state index contributed by atoms with van der Waals surface area (Å²) in [5, 5.41) is 0. The molecule has 1 atom stereocenters. The summed E-state index contributed by atoms with van der Waals surface area (Å²) in [6.45, 7) is 7.25. The normalized spacial score (nSPS) is 27.4. The maximum Gasteiger partial charge on any atom is 0.00954 e. The molecule has 1 nitrogen and oxygen atoms in total. The van der Waals surface area contributed by atoms with Gasteiger partial charge in [0.25, 0.3) is 0 Å². The largest absolute Gasteiger partial charge is 0.300 e. The predicted octanol–water partition coefficient (Wildman–Crippen LogP) is 4.00. The van der Waals surface area contributed by atoms with Gasteiger partial charge < -0.3 is 4.90 Å². The molecule has 1 saturated carbocycles. The van der Waals surface area contributed by atoms with Gasteiger partial charge in [-0.3, -0.25) is 0 Å². The van der Waals surface area contributed by atoms with Crippen LogP contribution in [0.3, 0.4) is 0 Å². The van der Waals surface area contributed by atoms with Gasteiger partial charge >= 0.3 is 0 Å². The molecule has 0 aromatic carbocycles. The van der Waals surface area contributed by atoms with Crippen molar-refractivity contribution in [1.82, 2.24) is 4.90 Å². The van der Waals surface area contributed by atoms with E-state index < -0.39 is 0 Å². The van der Waals surface area contributed by atoms with Crippen LogP contribution in [0, 0.1) is 5.92 Å². The van der Waals surface area contributed by atoms with Crippen molar-refractivity contribution in [3.05, 3.63) is 11.6 Å². The highest BCUT2D eigenvalue weighted by Crippen LogP contribution is 2.29. The Kier molecular flexibility index (Phi) is 4.45. The first-order valence-corrected chi connectivity index (χ1v) is 7.22. The van der Waals surface area contributed by atoms with Crippen molar-refractivity contribution in [3.63, 3.8) is 0 Å². The summed E-state index contributed by atoms with van der Waals surface area (Å²) < 4.78 is 0. The van der Waals surface area contributed by atoms with E-state index in [2.05, 4.69) is 24.8 Å². The second-order valence-corrected chi connectivity index (χ2v) is 5.60. The van der Waals surface area contributed by atoms with Crippen molar-refractivity contribution in [2.45, 2.75) is 64.8 Å². The molecule has 0 spiro atoms. The zero-order chi connectivity index (χ0) is 11.4. The Balaban J connectivity index is 1.89. The van der Waals surface area contributed by atoms with Crippen LogP contribution < -0.4 is 0 Å². The average Bonchev–Trinajstić information content (AvgIpc) is 2.40. The summed E-state index contributed by atoms with van der Waals surface area (Å²) in [7, 11) is 0. The summed E-state index contributed by atoms with van der Waals surface area (Å²) in [4.78, 5) is 2.73. The molecule has 16 heavy (non-hydrogen) atoms. The highest BCUT2D eigenvalue weighted by Gasteiger charge is 2.26. The van der Waals surface area contributed by atoms with E-state index in [0.29, 0.717) is 0 Å². The molecule has 0 heterocycles. The molecule has 2 rings (SSSR count). The number of nitrogens with zero attached hydrogens (tertiary/aromatic N) is 1. The monoisotopic (exact) mass is 221 g/mol. The third-order valence-corrected chi connectivity index (χ3v) is 4.57. The Hall–Kier alpha value is -0.300. The van der Waals surface area contributed by atoms with Gasteiger partial charge in [-0.25, -0.2) is 0 Å². The molecule has 1 fully saturated rings. The number of hydrogen-bond donors (Lipinski definition) is 0. The fourth-order valence-electron chi connectivity index (χ4n) is 3.07. The minimum Gasteiger partial charge on any atom is -0.300 e. The lowest BCUT2D eigenvalue weighted by molar-refractivity contribution is 0.118. The molecule has 2 aliphatic rings. The highest BCUT2D eigenvalue weighted by molar-refractivity contribution is 5.06. The molecule has 0 aromatic rings. The molecule has 0 N–H and O–H groups in total. The molecular weight excluding hydrogens is 194 g/mol. The molecule has 0 saturated heterocycles. The van der Waals surface area contributed by atoms with Gasteiger partial charge in [0.2, 0.25) is 0 Å². The van der Waals surface area contributed by atoms with E-state index in [0.717, 1.165) is 12.0 Å². The van der Waals surface area contributed by atoms with Crippen LogP contribution in [0.5, 0.6) is 0 Å². The lowest BCUT2D eigenvalue weighted by Crippen LogP contribution is -2.42. The standard InChI is InChI=1S/C15H27N/c1-3-16(15-10-7-11-15)12-14-9-6-4-5-8-13(14)2/h8,14-15H,3-7,9-12H2,1-2H3. The van der Waals surface area contributed by atoms with E-state index in [1.807, 2.05) is 0 Å². The quantitative estimate of drug-likeness (QED) is 0.649. The summed E-state index contributed by atoms with van der Waals surface area (Å²) >= 11 is 0. The summed E-state index contributed by atoms with van der Waals surface area (Å²) in [6.07, 6.45) is 12.4.